The van der Waals surface area contributed by atoms with Crippen molar-refractivity contribution < 1.29 is 14.3 Å². The number of rotatable bonds is 7. The van der Waals surface area contributed by atoms with Gasteiger partial charge < -0.3 is 20.7 Å². The van der Waals surface area contributed by atoms with Crippen molar-refractivity contribution in [1.82, 2.24) is 16.0 Å². The van der Waals surface area contributed by atoms with E-state index in [2.05, 4.69) is 22.9 Å². The number of amides is 2. The van der Waals surface area contributed by atoms with Crippen molar-refractivity contribution in [1.29, 1.82) is 0 Å². The standard InChI is InChI=1S/C13H25N3O3/c1-10-9-11(3-5-14-10)13(18)16-6-4-12(17)15-7-8-19-2/h10-11,14H,3-9H2,1-2H3,(H,15,17)(H,16,18). The predicted molar refractivity (Wildman–Crippen MR) is 72.7 cm³/mol. The number of nitrogens with one attached hydrogen (secondary N) is 3. The van der Waals surface area contributed by atoms with Crippen LogP contribution in [0.4, 0.5) is 0 Å². The highest BCUT2D eigenvalue weighted by molar-refractivity contribution is 5.80. The minimum atomic E-state index is -0.0592. The van der Waals surface area contributed by atoms with Gasteiger partial charge in [-0.2, -0.15) is 0 Å². The van der Waals surface area contributed by atoms with Gasteiger partial charge in [0.1, 0.15) is 0 Å². The number of carbonyl (C=O) groups is 2. The first-order valence-corrected chi connectivity index (χ1v) is 6.90. The van der Waals surface area contributed by atoms with Crippen molar-refractivity contribution in [3.8, 4) is 0 Å². The van der Waals surface area contributed by atoms with E-state index in [0.717, 1.165) is 19.4 Å². The lowest BCUT2D eigenvalue weighted by Crippen LogP contribution is -2.43. The van der Waals surface area contributed by atoms with E-state index in [1.165, 1.54) is 0 Å². The Kier molecular flexibility index (Phi) is 7.43. The Labute approximate surface area is 114 Å². The van der Waals surface area contributed by atoms with E-state index in [4.69, 9.17) is 4.74 Å². The zero-order valence-corrected chi connectivity index (χ0v) is 11.8. The van der Waals surface area contributed by atoms with E-state index in [0.29, 0.717) is 32.2 Å². The van der Waals surface area contributed by atoms with Crippen LogP contribution in [0.15, 0.2) is 0 Å². The molecule has 1 fully saturated rings. The highest BCUT2D eigenvalue weighted by Crippen LogP contribution is 2.15. The van der Waals surface area contributed by atoms with Crippen LogP contribution in [0.5, 0.6) is 0 Å². The van der Waals surface area contributed by atoms with Gasteiger partial charge in [0.2, 0.25) is 11.8 Å². The van der Waals surface area contributed by atoms with Crippen LogP contribution in [0.3, 0.4) is 0 Å². The first-order valence-electron chi connectivity index (χ1n) is 6.90. The summed E-state index contributed by atoms with van der Waals surface area (Å²) in [6.45, 7) is 4.38. The molecule has 0 aliphatic carbocycles. The first kappa shape index (κ1) is 15.9. The summed E-state index contributed by atoms with van der Waals surface area (Å²) in [5.74, 6) is 0.0851. The van der Waals surface area contributed by atoms with Crippen LogP contribution >= 0.6 is 0 Å². The molecule has 0 radical (unpaired) electrons. The summed E-state index contributed by atoms with van der Waals surface area (Å²) >= 11 is 0. The summed E-state index contributed by atoms with van der Waals surface area (Å²) in [6.07, 6.45) is 2.05. The van der Waals surface area contributed by atoms with Crippen molar-refractivity contribution in [3.63, 3.8) is 0 Å². The molecule has 110 valence electrons. The summed E-state index contributed by atoms with van der Waals surface area (Å²) in [4.78, 5) is 23.3. The molecule has 0 aromatic carbocycles. The maximum Gasteiger partial charge on any atom is 0.223 e. The van der Waals surface area contributed by atoms with E-state index in [1.807, 2.05) is 0 Å². The Hall–Kier alpha value is -1.14. The number of piperidine rings is 1. The van der Waals surface area contributed by atoms with Crippen LogP contribution in [-0.4, -0.2) is 51.2 Å². The Balaban J connectivity index is 2.11. The predicted octanol–water partition coefficient (Wildman–Crippen LogP) is -0.357. The molecule has 1 saturated heterocycles. The van der Waals surface area contributed by atoms with Crippen molar-refractivity contribution in [2.45, 2.75) is 32.2 Å². The van der Waals surface area contributed by atoms with Gasteiger partial charge in [-0.3, -0.25) is 9.59 Å². The Morgan fingerprint density at radius 1 is 1.32 bits per heavy atom. The number of hydrogen-bond donors (Lipinski definition) is 3. The minimum absolute atomic E-state index is 0.0592. The summed E-state index contributed by atoms with van der Waals surface area (Å²) in [7, 11) is 1.59. The molecule has 0 saturated carbocycles. The van der Waals surface area contributed by atoms with Crippen LogP contribution in [0.1, 0.15) is 26.2 Å². The van der Waals surface area contributed by atoms with Gasteiger partial charge in [-0.05, 0) is 26.3 Å². The molecule has 3 N–H and O–H groups in total. The second-order valence-corrected chi connectivity index (χ2v) is 4.96. The first-order chi connectivity index (χ1) is 9.13. The molecule has 2 amide bonds. The van der Waals surface area contributed by atoms with Gasteiger partial charge in [0.15, 0.2) is 0 Å². The quantitative estimate of drug-likeness (QED) is 0.553. The van der Waals surface area contributed by atoms with E-state index < -0.39 is 0 Å². The fourth-order valence-electron chi connectivity index (χ4n) is 2.19. The average Bonchev–Trinajstić information content (AvgIpc) is 2.39. The smallest absolute Gasteiger partial charge is 0.223 e. The third-order valence-electron chi connectivity index (χ3n) is 3.27. The van der Waals surface area contributed by atoms with Crippen molar-refractivity contribution in [2.75, 3.05) is 33.4 Å². The van der Waals surface area contributed by atoms with Gasteiger partial charge in [-0.1, -0.05) is 0 Å². The van der Waals surface area contributed by atoms with Gasteiger partial charge >= 0.3 is 0 Å². The monoisotopic (exact) mass is 271 g/mol. The molecule has 1 aliphatic rings. The molecule has 6 nitrogen and oxygen atoms in total. The third-order valence-corrected chi connectivity index (χ3v) is 3.27. The molecular weight excluding hydrogens is 246 g/mol. The molecule has 1 rings (SSSR count). The Morgan fingerprint density at radius 2 is 2.11 bits per heavy atom. The van der Waals surface area contributed by atoms with E-state index >= 15 is 0 Å². The van der Waals surface area contributed by atoms with Crippen LogP contribution in [-0.2, 0) is 14.3 Å². The Morgan fingerprint density at radius 3 is 2.79 bits per heavy atom. The van der Waals surface area contributed by atoms with Gasteiger partial charge in [0, 0.05) is 38.6 Å². The fraction of sp³-hybridized carbons (Fsp3) is 0.846. The molecule has 1 aliphatic heterocycles. The zero-order valence-electron chi connectivity index (χ0n) is 11.8. The fourth-order valence-corrected chi connectivity index (χ4v) is 2.19. The van der Waals surface area contributed by atoms with Gasteiger partial charge in [-0.15, -0.1) is 0 Å². The Bertz CT molecular complexity index is 297. The second kappa shape index (κ2) is 8.87. The van der Waals surface area contributed by atoms with Crippen molar-refractivity contribution in [3.05, 3.63) is 0 Å². The maximum absolute atomic E-state index is 11.9. The van der Waals surface area contributed by atoms with E-state index in [1.54, 1.807) is 7.11 Å². The normalized spacial score (nSPS) is 22.8. The SMILES string of the molecule is COCCNC(=O)CCNC(=O)C1CCNC(C)C1. The summed E-state index contributed by atoms with van der Waals surface area (Å²) in [5, 5.41) is 8.87. The molecule has 0 aromatic rings. The maximum atomic E-state index is 11.9. The minimum Gasteiger partial charge on any atom is -0.383 e. The summed E-state index contributed by atoms with van der Waals surface area (Å²) in [6, 6.07) is 0.391. The molecule has 2 unspecified atom stereocenters. The van der Waals surface area contributed by atoms with Crippen LogP contribution in [0.2, 0.25) is 0 Å². The van der Waals surface area contributed by atoms with Crippen LogP contribution in [0, 0.1) is 5.92 Å². The molecule has 6 heteroatoms. The molecule has 0 aromatic heterocycles. The van der Waals surface area contributed by atoms with E-state index in [9.17, 15) is 9.59 Å². The molecule has 0 bridgehead atoms. The number of ether oxygens (including phenoxy) is 1. The molecular formula is C13H25N3O3. The topological polar surface area (TPSA) is 79.5 Å². The number of methoxy groups -OCH3 is 1. The third kappa shape index (κ3) is 6.54. The summed E-state index contributed by atoms with van der Waals surface area (Å²) < 4.78 is 4.83. The van der Waals surface area contributed by atoms with Crippen molar-refractivity contribution in [2.24, 2.45) is 5.92 Å². The van der Waals surface area contributed by atoms with Crippen molar-refractivity contribution >= 4 is 11.8 Å². The molecule has 2 atom stereocenters. The molecule has 0 spiro atoms. The average molecular weight is 271 g/mol. The number of hydrogen-bond acceptors (Lipinski definition) is 4. The van der Waals surface area contributed by atoms with Crippen LogP contribution < -0.4 is 16.0 Å². The molecule has 19 heavy (non-hydrogen) atoms. The molecule has 1 heterocycles. The van der Waals surface area contributed by atoms with Gasteiger partial charge in [0.05, 0.1) is 6.61 Å². The number of carbonyl (C=O) groups excluding carboxylic acids is 2. The highest BCUT2D eigenvalue weighted by atomic mass is 16.5. The lowest BCUT2D eigenvalue weighted by molar-refractivity contribution is -0.126. The largest absolute Gasteiger partial charge is 0.383 e. The lowest BCUT2D eigenvalue weighted by Gasteiger charge is -2.27. The summed E-state index contributed by atoms with van der Waals surface area (Å²) in [5.41, 5.74) is 0. The van der Waals surface area contributed by atoms with Gasteiger partial charge in [-0.25, -0.2) is 0 Å². The zero-order chi connectivity index (χ0) is 14.1. The van der Waals surface area contributed by atoms with Gasteiger partial charge in [0.25, 0.3) is 0 Å². The second-order valence-electron chi connectivity index (χ2n) is 4.96. The van der Waals surface area contributed by atoms with Crippen LogP contribution in [0.25, 0.3) is 0 Å². The lowest BCUT2D eigenvalue weighted by atomic mass is 9.92. The highest BCUT2D eigenvalue weighted by Gasteiger charge is 2.24. The van der Waals surface area contributed by atoms with E-state index in [-0.39, 0.29) is 17.7 Å².